The van der Waals surface area contributed by atoms with Gasteiger partial charge in [-0.3, -0.25) is 4.79 Å². The molecule has 0 aliphatic rings. The quantitative estimate of drug-likeness (QED) is 0.476. The molecule has 1 N–H and O–H groups in total. The van der Waals surface area contributed by atoms with Crippen LogP contribution in [0.5, 0.6) is 0 Å². The number of carbonyl (C=O) groups excluding carboxylic acids is 2. The zero-order chi connectivity index (χ0) is 20.0. The van der Waals surface area contributed by atoms with Crippen molar-refractivity contribution in [3.05, 3.63) is 71.0 Å². The molecule has 0 saturated heterocycles. The fraction of sp³-hybridized carbons (Fsp3) is 0.158. The van der Waals surface area contributed by atoms with Crippen molar-refractivity contribution < 1.29 is 31.9 Å². The van der Waals surface area contributed by atoms with Crippen LogP contribution < -0.4 is 5.32 Å². The predicted molar refractivity (Wildman–Crippen MR) is 91.2 cm³/mol. The summed E-state index contributed by atoms with van der Waals surface area (Å²) < 4.78 is 56.2. The molecule has 8 heteroatoms. The van der Waals surface area contributed by atoms with Gasteiger partial charge >= 0.3 is 12.1 Å². The van der Waals surface area contributed by atoms with E-state index in [1.165, 1.54) is 24.3 Å². The lowest BCUT2D eigenvalue weighted by atomic mass is 10.1. The van der Waals surface area contributed by atoms with Crippen molar-refractivity contribution in [3.8, 4) is 0 Å². The Hall–Kier alpha value is -3.16. The molecule has 27 heavy (non-hydrogen) atoms. The van der Waals surface area contributed by atoms with Crippen LogP contribution in [-0.2, 0) is 20.5 Å². The molecule has 0 heterocycles. The van der Waals surface area contributed by atoms with Gasteiger partial charge in [-0.15, -0.1) is 0 Å². The third kappa shape index (κ3) is 6.25. The number of ether oxygens (including phenoxy) is 1. The molecular formula is C19H15F4NO3. The van der Waals surface area contributed by atoms with Crippen molar-refractivity contribution in [3.63, 3.8) is 0 Å². The maximum absolute atomic E-state index is 13.6. The van der Waals surface area contributed by atoms with Crippen LogP contribution in [0.1, 0.15) is 16.7 Å². The lowest BCUT2D eigenvalue weighted by Crippen LogP contribution is -2.20. The smallest absolute Gasteiger partial charge is 0.416 e. The van der Waals surface area contributed by atoms with E-state index < -0.39 is 36.0 Å². The summed E-state index contributed by atoms with van der Waals surface area (Å²) in [5.74, 6) is -2.30. The summed E-state index contributed by atoms with van der Waals surface area (Å²) in [7, 11) is 0. The van der Waals surface area contributed by atoms with Gasteiger partial charge < -0.3 is 10.1 Å². The second kappa shape index (κ2) is 8.48. The van der Waals surface area contributed by atoms with Crippen LogP contribution in [0.25, 0.3) is 6.08 Å². The highest BCUT2D eigenvalue weighted by molar-refractivity contribution is 5.94. The number of anilines is 1. The van der Waals surface area contributed by atoms with Crippen LogP contribution in [0.15, 0.2) is 48.5 Å². The summed E-state index contributed by atoms with van der Waals surface area (Å²) in [5.41, 5.74) is -0.0803. The van der Waals surface area contributed by atoms with Crippen molar-refractivity contribution in [2.45, 2.75) is 13.1 Å². The van der Waals surface area contributed by atoms with Gasteiger partial charge in [-0.2, -0.15) is 13.2 Å². The normalized spacial score (nSPS) is 11.4. The van der Waals surface area contributed by atoms with Crippen LogP contribution in [-0.4, -0.2) is 18.5 Å². The first kappa shape index (κ1) is 20.2. The molecule has 1 amide bonds. The number of rotatable bonds is 5. The standard InChI is InChI=1S/C19H15F4NO3/c1-12-5-7-16(15(20)9-12)24-17(25)11-27-18(26)8-6-13-3-2-4-14(10-13)19(21,22)23/h2-10H,11H2,1H3,(H,24,25)/b8-6+. The summed E-state index contributed by atoms with van der Waals surface area (Å²) in [4.78, 5) is 23.3. The molecule has 0 aromatic heterocycles. The van der Waals surface area contributed by atoms with Gasteiger partial charge in [0, 0.05) is 6.08 Å². The number of hydrogen-bond acceptors (Lipinski definition) is 3. The molecule has 0 bridgehead atoms. The largest absolute Gasteiger partial charge is 0.452 e. The van der Waals surface area contributed by atoms with E-state index in [9.17, 15) is 27.2 Å². The topological polar surface area (TPSA) is 55.4 Å². The van der Waals surface area contributed by atoms with Crippen molar-refractivity contribution in [1.29, 1.82) is 0 Å². The Labute approximate surface area is 152 Å². The number of halogens is 4. The van der Waals surface area contributed by atoms with Crippen molar-refractivity contribution in [1.82, 2.24) is 0 Å². The second-order valence-corrected chi connectivity index (χ2v) is 5.60. The number of alkyl halides is 3. The van der Waals surface area contributed by atoms with Crippen LogP contribution in [0, 0.1) is 12.7 Å². The highest BCUT2D eigenvalue weighted by Crippen LogP contribution is 2.29. The average molecular weight is 381 g/mol. The molecule has 2 rings (SSSR count). The number of amides is 1. The Morgan fingerprint density at radius 2 is 1.89 bits per heavy atom. The highest BCUT2D eigenvalue weighted by atomic mass is 19.4. The first-order chi connectivity index (χ1) is 12.6. The molecule has 4 nitrogen and oxygen atoms in total. The van der Waals surface area contributed by atoms with Gasteiger partial charge in [-0.25, -0.2) is 9.18 Å². The van der Waals surface area contributed by atoms with E-state index in [4.69, 9.17) is 0 Å². The number of hydrogen-bond donors (Lipinski definition) is 1. The van der Waals surface area contributed by atoms with Crippen molar-refractivity contribution in [2.75, 3.05) is 11.9 Å². The van der Waals surface area contributed by atoms with Gasteiger partial charge in [0.1, 0.15) is 5.82 Å². The maximum atomic E-state index is 13.6. The molecule has 0 unspecified atom stereocenters. The van der Waals surface area contributed by atoms with E-state index in [-0.39, 0.29) is 11.3 Å². The number of esters is 1. The number of nitrogens with one attached hydrogen (secondary N) is 1. The molecule has 0 saturated carbocycles. The van der Waals surface area contributed by atoms with E-state index in [0.717, 1.165) is 24.3 Å². The molecular weight excluding hydrogens is 366 g/mol. The first-order valence-electron chi connectivity index (χ1n) is 7.73. The maximum Gasteiger partial charge on any atom is 0.416 e. The predicted octanol–water partition coefficient (Wildman–Crippen LogP) is 4.35. The number of benzene rings is 2. The average Bonchev–Trinajstić information content (AvgIpc) is 2.60. The molecule has 0 radical (unpaired) electrons. The molecule has 0 fully saturated rings. The minimum absolute atomic E-state index is 0.0545. The van der Waals surface area contributed by atoms with E-state index in [1.54, 1.807) is 13.0 Å². The minimum atomic E-state index is -4.49. The molecule has 2 aromatic rings. The summed E-state index contributed by atoms with van der Waals surface area (Å²) in [6.07, 6.45) is -2.46. The Morgan fingerprint density at radius 3 is 2.56 bits per heavy atom. The molecule has 0 spiro atoms. The number of aryl methyl sites for hydroxylation is 1. The number of carbonyl (C=O) groups is 2. The van der Waals surface area contributed by atoms with Crippen molar-refractivity contribution >= 4 is 23.6 Å². The molecule has 2 aromatic carbocycles. The summed E-state index contributed by atoms with van der Waals surface area (Å²) >= 11 is 0. The monoisotopic (exact) mass is 381 g/mol. The zero-order valence-electron chi connectivity index (χ0n) is 14.1. The van der Waals surface area contributed by atoms with E-state index >= 15 is 0 Å². The second-order valence-electron chi connectivity index (χ2n) is 5.60. The Kier molecular flexibility index (Phi) is 6.33. The van der Waals surface area contributed by atoms with Crippen LogP contribution in [0.4, 0.5) is 23.2 Å². The van der Waals surface area contributed by atoms with Gasteiger partial charge in [-0.1, -0.05) is 18.2 Å². The minimum Gasteiger partial charge on any atom is -0.452 e. The van der Waals surface area contributed by atoms with Gasteiger partial charge in [-0.05, 0) is 48.4 Å². The third-order valence-corrected chi connectivity index (χ3v) is 3.37. The van der Waals surface area contributed by atoms with Gasteiger partial charge in [0.2, 0.25) is 0 Å². The van der Waals surface area contributed by atoms with Gasteiger partial charge in [0.05, 0.1) is 11.3 Å². The molecule has 142 valence electrons. The van der Waals surface area contributed by atoms with Crippen LogP contribution >= 0.6 is 0 Å². The lowest BCUT2D eigenvalue weighted by molar-refractivity contribution is -0.142. The third-order valence-electron chi connectivity index (χ3n) is 3.37. The fourth-order valence-corrected chi connectivity index (χ4v) is 2.08. The zero-order valence-corrected chi connectivity index (χ0v) is 14.1. The SMILES string of the molecule is Cc1ccc(NC(=O)COC(=O)/C=C/c2cccc(C(F)(F)F)c2)c(F)c1. The summed E-state index contributed by atoms with van der Waals surface area (Å²) in [6.45, 7) is 1.02. The molecule has 0 atom stereocenters. The Bertz CT molecular complexity index is 875. The molecule has 0 aliphatic carbocycles. The Balaban J connectivity index is 1.88. The van der Waals surface area contributed by atoms with E-state index in [0.29, 0.717) is 5.56 Å². The lowest BCUT2D eigenvalue weighted by Gasteiger charge is -2.07. The van der Waals surface area contributed by atoms with Crippen LogP contribution in [0.2, 0.25) is 0 Å². The van der Waals surface area contributed by atoms with Gasteiger partial charge in [0.25, 0.3) is 5.91 Å². The molecule has 0 aliphatic heterocycles. The van der Waals surface area contributed by atoms with E-state index in [1.807, 2.05) is 0 Å². The van der Waals surface area contributed by atoms with E-state index in [2.05, 4.69) is 10.1 Å². The fourth-order valence-electron chi connectivity index (χ4n) is 2.08. The van der Waals surface area contributed by atoms with Crippen LogP contribution in [0.3, 0.4) is 0 Å². The summed E-state index contributed by atoms with van der Waals surface area (Å²) in [6, 6.07) is 8.57. The first-order valence-corrected chi connectivity index (χ1v) is 7.73. The van der Waals surface area contributed by atoms with Gasteiger partial charge in [0.15, 0.2) is 6.61 Å². The highest BCUT2D eigenvalue weighted by Gasteiger charge is 2.30. The Morgan fingerprint density at radius 1 is 1.15 bits per heavy atom. The van der Waals surface area contributed by atoms with Crippen molar-refractivity contribution in [2.24, 2.45) is 0 Å². The summed E-state index contributed by atoms with van der Waals surface area (Å²) in [5, 5.41) is 2.25.